The molecule has 0 aliphatic carbocycles. The standard InChI is InChI=1S/C18H25N2S/c1-2-3-4-5-6-10-13-21-18(14-19-16-20-15-18)17-11-8-7-9-12-17/h8-9,11-12,14-15H,2-6,10,13,16H2,1H3. The molecule has 0 fully saturated rings. The number of benzene rings is 1. The van der Waals surface area contributed by atoms with Crippen LogP contribution < -0.4 is 0 Å². The van der Waals surface area contributed by atoms with Crippen molar-refractivity contribution in [2.45, 2.75) is 50.2 Å². The van der Waals surface area contributed by atoms with Crippen LogP contribution in [0.25, 0.3) is 0 Å². The summed E-state index contributed by atoms with van der Waals surface area (Å²) in [6.07, 6.45) is 12.2. The van der Waals surface area contributed by atoms with E-state index in [-0.39, 0.29) is 4.75 Å². The molecule has 2 rings (SSSR count). The maximum Gasteiger partial charge on any atom is 0.128 e. The molecule has 2 nitrogen and oxygen atoms in total. The first kappa shape index (κ1) is 16.3. The first-order valence-corrected chi connectivity index (χ1v) is 8.98. The lowest BCUT2D eigenvalue weighted by atomic mass is 10.0. The minimum absolute atomic E-state index is 0.170. The van der Waals surface area contributed by atoms with Gasteiger partial charge in [0.25, 0.3) is 0 Å². The third kappa shape index (κ3) is 4.99. The van der Waals surface area contributed by atoms with Gasteiger partial charge >= 0.3 is 0 Å². The summed E-state index contributed by atoms with van der Waals surface area (Å²) in [5, 5.41) is 0. The van der Waals surface area contributed by atoms with Gasteiger partial charge in [-0.15, -0.1) is 11.8 Å². The lowest BCUT2D eigenvalue weighted by Gasteiger charge is -2.27. The van der Waals surface area contributed by atoms with Crippen LogP contribution >= 0.6 is 11.8 Å². The zero-order valence-electron chi connectivity index (χ0n) is 12.9. The molecule has 0 N–H and O–H groups in total. The normalized spacial score (nSPS) is 16.2. The van der Waals surface area contributed by atoms with Gasteiger partial charge in [-0.1, -0.05) is 63.3 Å². The Kier molecular flexibility index (Phi) is 7.01. The van der Waals surface area contributed by atoms with Gasteiger partial charge in [-0.3, -0.25) is 9.98 Å². The van der Waals surface area contributed by atoms with Crippen molar-refractivity contribution in [3.63, 3.8) is 0 Å². The molecule has 0 saturated carbocycles. The van der Waals surface area contributed by atoms with E-state index in [1.807, 2.05) is 23.9 Å². The highest BCUT2D eigenvalue weighted by atomic mass is 32.2. The van der Waals surface area contributed by atoms with E-state index >= 15 is 0 Å². The van der Waals surface area contributed by atoms with Crippen LogP contribution in [-0.4, -0.2) is 24.9 Å². The number of rotatable bonds is 9. The molecule has 0 spiro atoms. The van der Waals surface area contributed by atoms with Gasteiger partial charge in [0.05, 0.1) is 0 Å². The molecule has 1 aliphatic heterocycles. The smallest absolute Gasteiger partial charge is 0.128 e. The van der Waals surface area contributed by atoms with Crippen molar-refractivity contribution in [1.82, 2.24) is 0 Å². The number of aliphatic imine (C=N–C) groups is 2. The monoisotopic (exact) mass is 301 g/mol. The first-order valence-electron chi connectivity index (χ1n) is 8.00. The molecule has 0 amide bonds. The number of unbranched alkanes of at least 4 members (excludes halogenated alkanes) is 5. The van der Waals surface area contributed by atoms with E-state index in [4.69, 9.17) is 0 Å². The fraction of sp³-hybridized carbons (Fsp3) is 0.556. The van der Waals surface area contributed by atoms with Crippen LogP contribution in [0.1, 0.15) is 51.0 Å². The lowest BCUT2D eigenvalue weighted by Crippen LogP contribution is -2.28. The fourth-order valence-corrected chi connectivity index (χ4v) is 3.80. The van der Waals surface area contributed by atoms with Crippen molar-refractivity contribution in [1.29, 1.82) is 0 Å². The molecule has 0 saturated heterocycles. The summed E-state index contributed by atoms with van der Waals surface area (Å²) >= 11 is 1.95. The summed E-state index contributed by atoms with van der Waals surface area (Å²) in [5.74, 6) is 1.16. The molecule has 21 heavy (non-hydrogen) atoms. The highest BCUT2D eigenvalue weighted by molar-refractivity contribution is 8.01. The van der Waals surface area contributed by atoms with Crippen LogP contribution in [0.2, 0.25) is 0 Å². The summed E-state index contributed by atoms with van der Waals surface area (Å²) in [4.78, 5) is 8.79. The third-order valence-corrected chi connectivity index (χ3v) is 5.15. The average Bonchev–Trinajstić information content (AvgIpc) is 2.56. The largest absolute Gasteiger partial charge is 0.272 e. The van der Waals surface area contributed by atoms with E-state index in [0.717, 1.165) is 5.75 Å². The summed E-state index contributed by atoms with van der Waals surface area (Å²) in [6.45, 7) is 2.83. The Hall–Kier alpha value is -1.09. The SMILES string of the molecule is CCCCCCCCSC1(c2cc[c]cc2)C=NCN=C1. The van der Waals surface area contributed by atoms with E-state index in [9.17, 15) is 0 Å². The third-order valence-electron chi connectivity index (χ3n) is 3.74. The van der Waals surface area contributed by atoms with Gasteiger partial charge in [0, 0.05) is 12.4 Å². The molecule has 3 heteroatoms. The molecule has 0 bridgehead atoms. The minimum atomic E-state index is -0.170. The van der Waals surface area contributed by atoms with Crippen LogP contribution in [0.5, 0.6) is 0 Å². The molecule has 0 aromatic heterocycles. The predicted octanol–water partition coefficient (Wildman–Crippen LogP) is 4.89. The second kappa shape index (κ2) is 9.04. The minimum Gasteiger partial charge on any atom is -0.272 e. The molecule has 1 aliphatic rings. The topological polar surface area (TPSA) is 24.7 Å². The van der Waals surface area contributed by atoms with Gasteiger partial charge in [0.1, 0.15) is 11.4 Å². The van der Waals surface area contributed by atoms with Crippen molar-refractivity contribution in [2.75, 3.05) is 12.4 Å². The summed E-state index contributed by atoms with van der Waals surface area (Å²) in [7, 11) is 0. The van der Waals surface area contributed by atoms with Crippen molar-refractivity contribution in [2.24, 2.45) is 9.98 Å². The number of hydrogen-bond donors (Lipinski definition) is 0. The van der Waals surface area contributed by atoms with Gasteiger partial charge in [-0.05, 0) is 23.8 Å². The summed E-state index contributed by atoms with van der Waals surface area (Å²) in [6, 6.07) is 11.3. The van der Waals surface area contributed by atoms with E-state index in [1.54, 1.807) is 0 Å². The zero-order valence-corrected chi connectivity index (χ0v) is 13.7. The van der Waals surface area contributed by atoms with Gasteiger partial charge in [-0.25, -0.2) is 0 Å². The molecule has 1 radical (unpaired) electrons. The summed E-state index contributed by atoms with van der Waals surface area (Å²) in [5.41, 5.74) is 1.25. The van der Waals surface area contributed by atoms with Crippen molar-refractivity contribution < 1.29 is 0 Å². The first-order chi connectivity index (χ1) is 10.4. The molecule has 1 aromatic rings. The van der Waals surface area contributed by atoms with Crippen LogP contribution in [-0.2, 0) is 4.75 Å². The lowest BCUT2D eigenvalue weighted by molar-refractivity contribution is 0.627. The highest BCUT2D eigenvalue weighted by Gasteiger charge is 2.30. The van der Waals surface area contributed by atoms with E-state index in [0.29, 0.717) is 6.67 Å². The molecular weight excluding hydrogens is 276 g/mol. The van der Waals surface area contributed by atoms with Gasteiger partial charge in [-0.2, -0.15) is 0 Å². The van der Waals surface area contributed by atoms with Crippen LogP contribution in [0, 0.1) is 6.07 Å². The van der Waals surface area contributed by atoms with Gasteiger partial charge < -0.3 is 0 Å². The Labute approximate surface area is 133 Å². The quantitative estimate of drug-likeness (QED) is 0.596. The molecular formula is C18H25N2S. The Bertz CT molecular complexity index is 442. The number of thioether (sulfide) groups is 1. The van der Waals surface area contributed by atoms with E-state index < -0.39 is 0 Å². The Morgan fingerprint density at radius 2 is 1.71 bits per heavy atom. The average molecular weight is 301 g/mol. The predicted molar refractivity (Wildman–Crippen MR) is 94.6 cm³/mol. The van der Waals surface area contributed by atoms with Crippen LogP contribution in [0.15, 0.2) is 34.3 Å². The molecule has 113 valence electrons. The van der Waals surface area contributed by atoms with Crippen LogP contribution in [0.4, 0.5) is 0 Å². The Balaban J connectivity index is 1.86. The second-order valence-electron chi connectivity index (χ2n) is 5.46. The fourth-order valence-electron chi connectivity index (χ4n) is 2.51. The number of hydrogen-bond acceptors (Lipinski definition) is 3. The van der Waals surface area contributed by atoms with Crippen molar-refractivity contribution in [3.05, 3.63) is 35.9 Å². The van der Waals surface area contributed by atoms with Crippen molar-refractivity contribution >= 4 is 24.2 Å². The Morgan fingerprint density at radius 3 is 2.43 bits per heavy atom. The Morgan fingerprint density at radius 1 is 1.05 bits per heavy atom. The molecule has 0 atom stereocenters. The van der Waals surface area contributed by atoms with Gasteiger partial charge in [0.2, 0.25) is 0 Å². The van der Waals surface area contributed by atoms with E-state index in [2.05, 4.69) is 47.5 Å². The van der Waals surface area contributed by atoms with Crippen LogP contribution in [0.3, 0.4) is 0 Å². The maximum absolute atomic E-state index is 4.39. The van der Waals surface area contributed by atoms with E-state index in [1.165, 1.54) is 44.1 Å². The molecule has 1 heterocycles. The zero-order chi connectivity index (χ0) is 14.8. The second-order valence-corrected chi connectivity index (χ2v) is 6.84. The number of nitrogens with zero attached hydrogens (tertiary/aromatic N) is 2. The summed E-state index contributed by atoms with van der Waals surface area (Å²) < 4.78 is -0.170. The maximum atomic E-state index is 4.39. The van der Waals surface area contributed by atoms with Crippen molar-refractivity contribution in [3.8, 4) is 0 Å². The molecule has 0 unspecified atom stereocenters. The highest BCUT2D eigenvalue weighted by Crippen LogP contribution is 2.35. The van der Waals surface area contributed by atoms with Gasteiger partial charge in [0.15, 0.2) is 0 Å². The molecule has 1 aromatic carbocycles.